The van der Waals surface area contributed by atoms with Crippen LogP contribution in [0.25, 0.3) is 0 Å². The quantitative estimate of drug-likeness (QED) is 0.834. The van der Waals surface area contributed by atoms with E-state index in [9.17, 15) is 4.79 Å². The summed E-state index contributed by atoms with van der Waals surface area (Å²) in [4.78, 5) is 14.6. The number of nitrogens with zero attached hydrogens (tertiary/aromatic N) is 2. The molecule has 2 aromatic rings. The van der Waals surface area contributed by atoms with E-state index in [2.05, 4.69) is 22.0 Å². The maximum Gasteiger partial charge on any atom is 0.226 e. The number of ether oxygens (including phenoxy) is 1. The molecule has 0 aromatic carbocycles. The molecule has 4 rings (SSSR count). The minimum Gasteiger partial charge on any atom is -0.371 e. The number of aryl methyl sites for hydroxylation is 2. The van der Waals surface area contributed by atoms with E-state index < -0.39 is 0 Å². The lowest BCUT2D eigenvalue weighted by molar-refractivity contribution is -0.132. The molecular weight excluding hydrogens is 324 g/mol. The summed E-state index contributed by atoms with van der Waals surface area (Å²) in [6, 6.07) is 2.14. The molecule has 2 aromatic heterocycles. The third-order valence-electron chi connectivity index (χ3n) is 5.18. The lowest BCUT2D eigenvalue weighted by atomic mass is 10.2. The molecule has 0 radical (unpaired) electrons. The van der Waals surface area contributed by atoms with Crippen molar-refractivity contribution in [2.75, 3.05) is 13.1 Å². The van der Waals surface area contributed by atoms with Gasteiger partial charge in [0.15, 0.2) is 0 Å². The van der Waals surface area contributed by atoms with Crippen LogP contribution in [0.1, 0.15) is 41.3 Å². The number of carbonyl (C=O) groups is 1. The van der Waals surface area contributed by atoms with Crippen molar-refractivity contribution >= 4 is 17.2 Å². The molecule has 3 heterocycles. The maximum atomic E-state index is 12.6. The van der Waals surface area contributed by atoms with E-state index in [1.807, 2.05) is 18.7 Å². The number of hydrogen-bond acceptors (Lipinski definition) is 5. The fraction of sp³-hybridized carbons (Fsp3) is 0.556. The Morgan fingerprint density at radius 1 is 1.50 bits per heavy atom. The topological polar surface area (TPSA) is 55.6 Å². The molecule has 1 unspecified atom stereocenters. The number of carbonyl (C=O) groups excluding carboxylic acids is 1. The van der Waals surface area contributed by atoms with Crippen LogP contribution in [-0.4, -0.2) is 35.2 Å². The minimum atomic E-state index is 0.112. The van der Waals surface area contributed by atoms with Gasteiger partial charge < -0.3 is 14.2 Å². The third kappa shape index (κ3) is 3.00. The molecular formula is C18H22N2O3S. The van der Waals surface area contributed by atoms with Gasteiger partial charge in [-0.3, -0.25) is 4.79 Å². The van der Waals surface area contributed by atoms with Gasteiger partial charge in [0.2, 0.25) is 5.91 Å². The second-order valence-electron chi connectivity index (χ2n) is 6.81. The zero-order valence-corrected chi connectivity index (χ0v) is 14.8. The van der Waals surface area contributed by atoms with Gasteiger partial charge in [-0.1, -0.05) is 5.16 Å². The Morgan fingerprint density at radius 2 is 2.38 bits per heavy atom. The monoisotopic (exact) mass is 346 g/mol. The lowest BCUT2D eigenvalue weighted by Gasteiger charge is -2.17. The van der Waals surface area contributed by atoms with Crippen LogP contribution in [0.4, 0.5) is 0 Å². The predicted octanol–water partition coefficient (Wildman–Crippen LogP) is 3.27. The van der Waals surface area contributed by atoms with Crippen LogP contribution in [0.15, 0.2) is 21.3 Å². The zero-order chi connectivity index (χ0) is 16.7. The van der Waals surface area contributed by atoms with Crippen LogP contribution in [0.5, 0.6) is 0 Å². The Morgan fingerprint density at radius 3 is 3.08 bits per heavy atom. The molecule has 3 atom stereocenters. The largest absolute Gasteiger partial charge is 0.371 e. The average Bonchev–Trinajstić information content (AvgIpc) is 2.96. The van der Waals surface area contributed by atoms with Crippen LogP contribution in [0.2, 0.25) is 0 Å². The Hall–Kier alpha value is -1.66. The number of amides is 1. The summed E-state index contributed by atoms with van der Waals surface area (Å²) in [6.45, 7) is 5.85. The summed E-state index contributed by atoms with van der Waals surface area (Å²) >= 11 is 1.70. The van der Waals surface area contributed by atoms with Gasteiger partial charge in [-0.25, -0.2) is 0 Å². The van der Waals surface area contributed by atoms with Crippen LogP contribution >= 0.6 is 11.3 Å². The smallest absolute Gasteiger partial charge is 0.226 e. The van der Waals surface area contributed by atoms with E-state index in [1.54, 1.807) is 11.3 Å². The molecule has 6 heteroatoms. The van der Waals surface area contributed by atoms with Crippen molar-refractivity contribution < 1.29 is 14.1 Å². The molecule has 2 fully saturated rings. The van der Waals surface area contributed by atoms with Gasteiger partial charge in [0.25, 0.3) is 0 Å². The normalized spacial score (nSPS) is 26.1. The second-order valence-corrected chi connectivity index (χ2v) is 7.59. The summed E-state index contributed by atoms with van der Waals surface area (Å²) in [5, 5.41) is 8.20. The average molecular weight is 346 g/mol. The molecule has 128 valence electrons. The first-order chi connectivity index (χ1) is 11.6. The maximum absolute atomic E-state index is 12.6. The Kier molecular flexibility index (Phi) is 4.18. The fourth-order valence-electron chi connectivity index (χ4n) is 3.53. The highest BCUT2D eigenvalue weighted by Crippen LogP contribution is 2.49. The Balaban J connectivity index is 1.28. The van der Waals surface area contributed by atoms with Gasteiger partial charge >= 0.3 is 0 Å². The van der Waals surface area contributed by atoms with Crippen LogP contribution in [0.3, 0.4) is 0 Å². The molecule has 5 nitrogen and oxygen atoms in total. The van der Waals surface area contributed by atoms with Crippen LogP contribution < -0.4 is 0 Å². The number of rotatable bonds is 5. The highest BCUT2D eigenvalue weighted by molar-refractivity contribution is 7.08. The third-order valence-corrected chi connectivity index (χ3v) is 5.88. The number of aromatic nitrogens is 1. The highest BCUT2D eigenvalue weighted by Gasteiger charge is 2.47. The molecule has 1 aliphatic carbocycles. The van der Waals surface area contributed by atoms with Crippen molar-refractivity contribution in [1.29, 1.82) is 0 Å². The molecule has 0 bridgehead atoms. The van der Waals surface area contributed by atoms with E-state index in [0.29, 0.717) is 25.0 Å². The number of thiophene rings is 1. The van der Waals surface area contributed by atoms with Crippen LogP contribution in [-0.2, 0) is 16.1 Å². The molecule has 1 saturated carbocycles. The van der Waals surface area contributed by atoms with Gasteiger partial charge in [-0.05, 0) is 55.0 Å². The summed E-state index contributed by atoms with van der Waals surface area (Å²) in [5.74, 6) is 1.73. The Labute approximate surface area is 145 Å². The zero-order valence-electron chi connectivity index (χ0n) is 14.0. The first-order valence-electron chi connectivity index (χ1n) is 8.47. The minimum absolute atomic E-state index is 0.112. The highest BCUT2D eigenvalue weighted by atomic mass is 32.1. The molecule has 0 spiro atoms. The summed E-state index contributed by atoms with van der Waals surface area (Å²) in [7, 11) is 0. The predicted molar refractivity (Wildman–Crippen MR) is 90.9 cm³/mol. The molecule has 1 aliphatic heterocycles. The van der Waals surface area contributed by atoms with Crippen molar-refractivity contribution in [2.45, 2.75) is 45.3 Å². The summed E-state index contributed by atoms with van der Waals surface area (Å²) in [5.41, 5.74) is 3.23. The van der Waals surface area contributed by atoms with Crippen molar-refractivity contribution in [1.82, 2.24) is 10.1 Å². The van der Waals surface area contributed by atoms with E-state index in [4.69, 9.17) is 9.26 Å². The summed E-state index contributed by atoms with van der Waals surface area (Å²) < 4.78 is 11.2. The van der Waals surface area contributed by atoms with Crippen molar-refractivity contribution in [3.63, 3.8) is 0 Å². The van der Waals surface area contributed by atoms with Gasteiger partial charge in [-0.2, -0.15) is 11.3 Å². The van der Waals surface area contributed by atoms with Gasteiger partial charge in [0, 0.05) is 24.6 Å². The lowest BCUT2D eigenvalue weighted by Crippen LogP contribution is -2.31. The first-order valence-corrected chi connectivity index (χ1v) is 9.42. The van der Waals surface area contributed by atoms with Crippen molar-refractivity contribution in [3.05, 3.63) is 39.4 Å². The SMILES string of the molecule is Cc1noc(C)c1COC1CCN(C(=O)[C@@H]2C[C@H]2c2ccsc2)C1. The van der Waals surface area contributed by atoms with Gasteiger partial charge in [-0.15, -0.1) is 0 Å². The molecule has 1 saturated heterocycles. The first kappa shape index (κ1) is 15.8. The van der Waals surface area contributed by atoms with Crippen molar-refractivity contribution in [2.24, 2.45) is 5.92 Å². The standard InChI is InChI=1S/C18H22N2O3S/c1-11-17(12(2)23-19-11)9-22-14-3-5-20(8-14)18(21)16-7-15(16)13-4-6-24-10-13/h4,6,10,14-16H,3,5,7-9H2,1-2H3/t14?,15-,16+/m0/s1. The van der Waals surface area contributed by atoms with E-state index in [1.165, 1.54) is 5.56 Å². The van der Waals surface area contributed by atoms with Gasteiger partial charge in [0.1, 0.15) is 5.76 Å². The van der Waals surface area contributed by atoms with Gasteiger partial charge in [0.05, 0.1) is 18.4 Å². The van der Waals surface area contributed by atoms with E-state index in [0.717, 1.165) is 36.4 Å². The van der Waals surface area contributed by atoms with E-state index >= 15 is 0 Å². The second kappa shape index (κ2) is 6.33. The van der Waals surface area contributed by atoms with Crippen molar-refractivity contribution in [3.8, 4) is 0 Å². The number of hydrogen-bond donors (Lipinski definition) is 0. The van der Waals surface area contributed by atoms with E-state index in [-0.39, 0.29) is 12.0 Å². The Bertz CT molecular complexity index is 705. The molecule has 24 heavy (non-hydrogen) atoms. The number of likely N-dealkylation sites (tertiary alicyclic amines) is 1. The fourth-order valence-corrected chi connectivity index (χ4v) is 4.26. The molecule has 1 amide bonds. The van der Waals surface area contributed by atoms with Crippen LogP contribution in [0, 0.1) is 19.8 Å². The summed E-state index contributed by atoms with van der Waals surface area (Å²) in [6.07, 6.45) is 2.02. The molecule has 2 aliphatic rings. The molecule has 0 N–H and O–H groups in total.